The molecule has 1 aliphatic heterocycles. The van der Waals surface area contributed by atoms with E-state index in [1.54, 1.807) is 0 Å². The summed E-state index contributed by atoms with van der Waals surface area (Å²) in [4.78, 5) is 14.7. The molecule has 6 nitrogen and oxygen atoms in total. The average Bonchev–Trinajstić information content (AvgIpc) is 2.54. The van der Waals surface area contributed by atoms with Crippen molar-refractivity contribution in [2.75, 3.05) is 12.3 Å². The Bertz CT molecular complexity index is 477. The van der Waals surface area contributed by atoms with Crippen LogP contribution in [-0.2, 0) is 4.74 Å². The van der Waals surface area contributed by atoms with Gasteiger partial charge in [-0.25, -0.2) is 13.6 Å². The monoisotopic (exact) mass is 247 g/mol. The van der Waals surface area contributed by atoms with E-state index in [9.17, 15) is 13.6 Å². The quantitative estimate of drug-likeness (QED) is 0.751. The second-order valence-electron chi connectivity index (χ2n) is 3.80. The van der Waals surface area contributed by atoms with Crippen molar-refractivity contribution in [1.82, 2.24) is 9.55 Å². The topological polar surface area (TPSA) is 90.4 Å². The fourth-order valence-corrected chi connectivity index (χ4v) is 1.72. The van der Waals surface area contributed by atoms with E-state index in [2.05, 4.69) is 4.98 Å². The molecule has 0 saturated carbocycles. The number of aliphatic hydroxyl groups excluding tert-OH is 1. The number of anilines is 1. The van der Waals surface area contributed by atoms with Gasteiger partial charge in [-0.15, -0.1) is 0 Å². The molecule has 1 unspecified atom stereocenters. The minimum Gasteiger partial charge on any atom is -0.394 e. The molecular weight excluding hydrogens is 236 g/mol. The van der Waals surface area contributed by atoms with E-state index in [1.807, 2.05) is 0 Å². The average molecular weight is 247 g/mol. The first-order chi connectivity index (χ1) is 7.94. The molecule has 3 N–H and O–H groups in total. The summed E-state index contributed by atoms with van der Waals surface area (Å²) in [6.07, 6.45) is -2.27. The Morgan fingerprint density at radius 2 is 2.41 bits per heavy atom. The van der Waals surface area contributed by atoms with Gasteiger partial charge in [-0.05, 0) is 6.07 Å². The molecule has 8 heteroatoms. The third kappa shape index (κ3) is 2.13. The van der Waals surface area contributed by atoms with Crippen molar-refractivity contribution in [2.24, 2.45) is 0 Å². The Kier molecular flexibility index (Phi) is 2.84. The molecule has 17 heavy (non-hydrogen) atoms. The van der Waals surface area contributed by atoms with Crippen LogP contribution in [0.5, 0.6) is 0 Å². The van der Waals surface area contributed by atoms with Gasteiger partial charge >= 0.3 is 5.69 Å². The molecule has 0 aliphatic carbocycles. The van der Waals surface area contributed by atoms with Gasteiger partial charge < -0.3 is 15.6 Å². The maximum absolute atomic E-state index is 13.6. The molecule has 1 aliphatic rings. The number of hydrogen-bond acceptors (Lipinski definition) is 5. The molecular formula is C9H11F2N3O3. The van der Waals surface area contributed by atoms with Crippen LogP contribution in [0.3, 0.4) is 0 Å². The van der Waals surface area contributed by atoms with Crippen molar-refractivity contribution in [1.29, 1.82) is 0 Å². The van der Waals surface area contributed by atoms with Crippen LogP contribution in [0.4, 0.5) is 14.6 Å². The summed E-state index contributed by atoms with van der Waals surface area (Å²) in [5, 5.41) is 8.80. The van der Waals surface area contributed by atoms with Gasteiger partial charge in [0.25, 0.3) is 5.92 Å². The van der Waals surface area contributed by atoms with Crippen LogP contribution in [0.25, 0.3) is 0 Å². The number of rotatable bonds is 2. The van der Waals surface area contributed by atoms with Gasteiger partial charge in [0.1, 0.15) is 5.82 Å². The maximum atomic E-state index is 13.6. The number of nitrogens with zero attached hydrogens (tertiary/aromatic N) is 2. The fourth-order valence-electron chi connectivity index (χ4n) is 1.72. The van der Waals surface area contributed by atoms with Gasteiger partial charge in [0.05, 0.1) is 12.7 Å². The summed E-state index contributed by atoms with van der Waals surface area (Å²) in [5.74, 6) is -3.28. The second-order valence-corrected chi connectivity index (χ2v) is 3.80. The number of aromatic nitrogens is 2. The number of aliphatic hydroxyl groups is 1. The minimum atomic E-state index is -3.23. The summed E-state index contributed by atoms with van der Waals surface area (Å²) in [6, 6.07) is 1.23. The summed E-state index contributed by atoms with van der Waals surface area (Å²) in [6.45, 7) is -0.525. The molecule has 2 rings (SSSR count). The highest BCUT2D eigenvalue weighted by molar-refractivity contribution is 5.23. The van der Waals surface area contributed by atoms with Gasteiger partial charge in [0.2, 0.25) is 6.23 Å². The zero-order chi connectivity index (χ0) is 12.6. The molecule has 0 bridgehead atoms. The predicted molar refractivity (Wildman–Crippen MR) is 53.5 cm³/mol. The molecule has 1 saturated heterocycles. The lowest BCUT2D eigenvalue weighted by Crippen LogP contribution is -2.35. The molecule has 0 amide bonds. The lowest BCUT2D eigenvalue weighted by molar-refractivity contribution is -0.120. The first kappa shape index (κ1) is 11.9. The van der Waals surface area contributed by atoms with Gasteiger partial charge in [0.15, 0.2) is 0 Å². The molecule has 0 radical (unpaired) electrons. The van der Waals surface area contributed by atoms with Crippen LogP contribution >= 0.6 is 0 Å². The van der Waals surface area contributed by atoms with E-state index in [4.69, 9.17) is 15.6 Å². The predicted octanol–water partition coefficient (Wildman–Crippen LogP) is -0.259. The number of hydrogen-bond donors (Lipinski definition) is 2. The molecule has 2 heterocycles. The number of halogens is 2. The maximum Gasteiger partial charge on any atom is 0.351 e. The van der Waals surface area contributed by atoms with Crippen LogP contribution in [0, 0.1) is 0 Å². The van der Waals surface area contributed by atoms with Crippen molar-refractivity contribution >= 4 is 5.82 Å². The summed E-state index contributed by atoms with van der Waals surface area (Å²) in [5.41, 5.74) is 4.35. The number of nitrogen functional groups attached to an aromatic ring is 1. The van der Waals surface area contributed by atoms with Gasteiger partial charge in [0, 0.05) is 12.6 Å². The van der Waals surface area contributed by atoms with Crippen LogP contribution < -0.4 is 11.4 Å². The van der Waals surface area contributed by atoms with Gasteiger partial charge in [-0.3, -0.25) is 4.57 Å². The van der Waals surface area contributed by atoms with Crippen molar-refractivity contribution in [2.45, 2.75) is 24.7 Å². The van der Waals surface area contributed by atoms with Gasteiger partial charge in [-0.2, -0.15) is 4.98 Å². The molecule has 1 aromatic heterocycles. The van der Waals surface area contributed by atoms with Crippen molar-refractivity contribution < 1.29 is 18.6 Å². The minimum absolute atomic E-state index is 0.0497. The van der Waals surface area contributed by atoms with E-state index in [0.717, 1.165) is 6.20 Å². The van der Waals surface area contributed by atoms with E-state index in [1.165, 1.54) is 6.07 Å². The van der Waals surface area contributed by atoms with E-state index in [0.29, 0.717) is 4.57 Å². The summed E-state index contributed by atoms with van der Waals surface area (Å²) < 4.78 is 32.7. The zero-order valence-corrected chi connectivity index (χ0v) is 8.72. The molecule has 0 spiro atoms. The van der Waals surface area contributed by atoms with Crippen molar-refractivity contribution in [3.63, 3.8) is 0 Å². The first-order valence-electron chi connectivity index (χ1n) is 4.93. The summed E-state index contributed by atoms with van der Waals surface area (Å²) in [7, 11) is 0. The Morgan fingerprint density at radius 1 is 1.71 bits per heavy atom. The Morgan fingerprint density at radius 3 is 2.94 bits per heavy atom. The fraction of sp³-hybridized carbons (Fsp3) is 0.556. The number of ether oxygens (including phenoxy) is 1. The lowest BCUT2D eigenvalue weighted by atomic mass is 10.2. The Balaban J connectivity index is 2.37. The highest BCUT2D eigenvalue weighted by Gasteiger charge is 2.51. The summed E-state index contributed by atoms with van der Waals surface area (Å²) >= 11 is 0. The number of alkyl halides is 2. The van der Waals surface area contributed by atoms with E-state index in [-0.39, 0.29) is 5.82 Å². The normalized spacial score (nSPS) is 27.2. The molecule has 2 atom stereocenters. The Hall–Kier alpha value is -1.54. The van der Waals surface area contributed by atoms with Crippen molar-refractivity contribution in [3.05, 3.63) is 22.7 Å². The standard InChI is InChI=1S/C9H11F2N3O3/c10-9(11)3-5(4-15)17-7(9)14-2-1-6(12)13-8(14)16/h1-2,5,7,15H,3-4H2,(H2,12,13,16)/t5?,7-/m1/s1. The zero-order valence-electron chi connectivity index (χ0n) is 8.72. The van der Waals surface area contributed by atoms with Crippen LogP contribution in [0.15, 0.2) is 17.1 Å². The third-order valence-corrected chi connectivity index (χ3v) is 2.49. The van der Waals surface area contributed by atoms with E-state index < -0.39 is 37.0 Å². The van der Waals surface area contributed by atoms with Crippen molar-refractivity contribution in [3.8, 4) is 0 Å². The highest BCUT2D eigenvalue weighted by Crippen LogP contribution is 2.41. The van der Waals surface area contributed by atoms with Crippen LogP contribution in [-0.4, -0.2) is 33.3 Å². The Labute approximate surface area is 94.6 Å². The number of nitrogens with two attached hydrogens (primary N) is 1. The molecule has 1 fully saturated rings. The largest absolute Gasteiger partial charge is 0.394 e. The highest BCUT2D eigenvalue weighted by atomic mass is 19.3. The van der Waals surface area contributed by atoms with Crippen LogP contribution in [0.2, 0.25) is 0 Å². The van der Waals surface area contributed by atoms with Gasteiger partial charge in [-0.1, -0.05) is 0 Å². The molecule has 1 aromatic rings. The van der Waals surface area contributed by atoms with Crippen LogP contribution in [0.1, 0.15) is 12.6 Å². The lowest BCUT2D eigenvalue weighted by Gasteiger charge is -2.19. The smallest absolute Gasteiger partial charge is 0.351 e. The van der Waals surface area contributed by atoms with E-state index >= 15 is 0 Å². The molecule has 0 aromatic carbocycles. The molecule has 94 valence electrons. The first-order valence-corrected chi connectivity index (χ1v) is 4.93. The third-order valence-electron chi connectivity index (χ3n) is 2.49. The SMILES string of the molecule is Nc1ccn([C@@H]2OC(CO)CC2(F)F)c(=O)n1. The second kappa shape index (κ2) is 4.04.